The van der Waals surface area contributed by atoms with Gasteiger partial charge in [0.25, 0.3) is 11.2 Å². The number of aliphatic imine (C=N–C) groups is 1. The maximum Gasteiger partial charge on any atom is 0.297 e. The molecule has 1 heterocycles. The molecule has 3 aromatic rings. The van der Waals surface area contributed by atoms with Gasteiger partial charge in [-0.2, -0.15) is 0 Å². The Kier molecular flexibility index (Phi) is 5.12. The Morgan fingerprint density at radius 2 is 1.74 bits per heavy atom. The van der Waals surface area contributed by atoms with Crippen molar-refractivity contribution in [2.45, 2.75) is 6.92 Å². The molecule has 2 aromatic carbocycles. The van der Waals surface area contributed by atoms with Crippen LogP contribution < -0.4 is 5.56 Å². The molecular formula is C20H18N4O3. The van der Waals surface area contributed by atoms with Crippen molar-refractivity contribution in [1.29, 1.82) is 0 Å². The van der Waals surface area contributed by atoms with E-state index in [1.165, 1.54) is 12.1 Å². The highest BCUT2D eigenvalue weighted by Crippen LogP contribution is 2.16. The number of benzene rings is 2. The minimum absolute atomic E-state index is 0.0437. The van der Waals surface area contributed by atoms with E-state index in [1.54, 1.807) is 39.9 Å². The van der Waals surface area contributed by atoms with Crippen LogP contribution in [0.3, 0.4) is 0 Å². The summed E-state index contributed by atoms with van der Waals surface area (Å²) >= 11 is 0. The van der Waals surface area contributed by atoms with E-state index in [1.807, 2.05) is 44.3 Å². The summed E-state index contributed by atoms with van der Waals surface area (Å²) in [6, 6.07) is 15.6. The van der Waals surface area contributed by atoms with E-state index >= 15 is 0 Å². The maximum absolute atomic E-state index is 12.7. The second kappa shape index (κ2) is 7.65. The number of aromatic nitrogens is 2. The number of nitrogens with zero attached hydrogens (tertiary/aromatic N) is 4. The average Bonchev–Trinajstić information content (AvgIpc) is 2.89. The Hall–Kier alpha value is -3.74. The van der Waals surface area contributed by atoms with E-state index in [-0.39, 0.29) is 11.2 Å². The molecule has 0 aliphatic heterocycles. The minimum atomic E-state index is -0.440. The van der Waals surface area contributed by atoms with Crippen LogP contribution in [0, 0.1) is 17.0 Å². The van der Waals surface area contributed by atoms with Crippen molar-refractivity contribution in [3.05, 3.63) is 92.4 Å². The molecule has 0 saturated carbocycles. The predicted molar refractivity (Wildman–Crippen MR) is 106 cm³/mol. The molecule has 1 aromatic heterocycles. The highest BCUT2D eigenvalue weighted by molar-refractivity contribution is 5.80. The number of allylic oxidation sites excluding steroid dienone is 1. The van der Waals surface area contributed by atoms with Crippen LogP contribution in [0.15, 0.2) is 70.5 Å². The molecule has 0 aliphatic carbocycles. The average molecular weight is 362 g/mol. The third-order valence-electron chi connectivity index (χ3n) is 4.21. The first-order chi connectivity index (χ1) is 13.0. The van der Waals surface area contributed by atoms with Gasteiger partial charge in [-0.1, -0.05) is 24.3 Å². The van der Waals surface area contributed by atoms with Crippen LogP contribution in [-0.4, -0.2) is 20.5 Å². The first-order valence-corrected chi connectivity index (χ1v) is 8.28. The normalized spacial score (nSPS) is 11.5. The molecule has 0 amide bonds. The lowest BCUT2D eigenvalue weighted by Crippen LogP contribution is -2.19. The summed E-state index contributed by atoms with van der Waals surface area (Å²) in [6.07, 6.45) is 5.00. The van der Waals surface area contributed by atoms with Gasteiger partial charge in [-0.15, -0.1) is 0 Å². The molecule has 0 fully saturated rings. The lowest BCUT2D eigenvalue weighted by Gasteiger charge is -2.07. The molecular weight excluding hydrogens is 344 g/mol. The van der Waals surface area contributed by atoms with Gasteiger partial charge in [0.15, 0.2) is 5.69 Å². The SMILES string of the molecule is Cc1c(N=CC=Cc2ccc([N+](=O)[O-])cc2)c(=O)n(-c2ccccc2)n1C. The molecule has 0 unspecified atom stereocenters. The van der Waals surface area contributed by atoms with E-state index < -0.39 is 4.92 Å². The largest absolute Gasteiger partial charge is 0.297 e. The molecule has 136 valence electrons. The van der Waals surface area contributed by atoms with Gasteiger partial charge < -0.3 is 0 Å². The topological polar surface area (TPSA) is 82.4 Å². The molecule has 0 spiro atoms. The molecule has 0 radical (unpaired) electrons. The summed E-state index contributed by atoms with van der Waals surface area (Å²) in [5.41, 5.74) is 2.55. The van der Waals surface area contributed by atoms with E-state index in [4.69, 9.17) is 0 Å². The number of hydrogen-bond acceptors (Lipinski definition) is 4. The Morgan fingerprint density at radius 1 is 1.07 bits per heavy atom. The molecule has 0 bridgehead atoms. The minimum Gasteiger partial charge on any atom is -0.283 e. The summed E-state index contributed by atoms with van der Waals surface area (Å²) in [6.45, 7) is 1.84. The number of nitro groups is 1. The highest BCUT2D eigenvalue weighted by atomic mass is 16.6. The molecule has 3 rings (SSSR count). The number of nitro benzene ring substituents is 1. The van der Waals surface area contributed by atoms with Gasteiger partial charge in [-0.05, 0) is 42.8 Å². The molecule has 0 aliphatic rings. The summed E-state index contributed by atoms with van der Waals surface area (Å²) in [4.78, 5) is 27.2. The third-order valence-corrected chi connectivity index (χ3v) is 4.21. The van der Waals surface area contributed by atoms with Gasteiger partial charge in [0, 0.05) is 25.4 Å². The first kappa shape index (κ1) is 18.1. The van der Waals surface area contributed by atoms with Gasteiger partial charge in [0.1, 0.15) is 0 Å². The van der Waals surface area contributed by atoms with Crippen LogP contribution in [0.25, 0.3) is 11.8 Å². The monoisotopic (exact) mass is 362 g/mol. The molecule has 0 atom stereocenters. The Bertz CT molecular complexity index is 1070. The quantitative estimate of drug-likeness (QED) is 0.393. The summed E-state index contributed by atoms with van der Waals surface area (Å²) in [5, 5.41) is 10.7. The molecule has 7 nitrogen and oxygen atoms in total. The number of hydrogen-bond donors (Lipinski definition) is 0. The van der Waals surface area contributed by atoms with Crippen molar-refractivity contribution in [2.75, 3.05) is 0 Å². The van der Waals surface area contributed by atoms with Crippen molar-refractivity contribution in [2.24, 2.45) is 12.0 Å². The highest BCUT2D eigenvalue weighted by Gasteiger charge is 2.14. The van der Waals surface area contributed by atoms with Gasteiger partial charge >= 0.3 is 0 Å². The van der Waals surface area contributed by atoms with Crippen LogP contribution in [0.2, 0.25) is 0 Å². The van der Waals surface area contributed by atoms with Crippen LogP contribution in [0.1, 0.15) is 11.3 Å². The zero-order valence-corrected chi connectivity index (χ0v) is 14.9. The van der Waals surface area contributed by atoms with Crippen molar-refractivity contribution >= 4 is 23.7 Å². The van der Waals surface area contributed by atoms with Crippen molar-refractivity contribution in [3.63, 3.8) is 0 Å². The Labute approximate surface area is 155 Å². The standard InChI is InChI=1S/C20H18N4O3/c1-15-19(20(25)23(22(15)2)17-8-4-3-5-9-17)21-14-6-7-16-10-12-18(13-11-16)24(26)27/h3-14H,1-2H3. The molecule has 27 heavy (non-hydrogen) atoms. The van der Waals surface area contributed by atoms with E-state index in [9.17, 15) is 14.9 Å². The smallest absolute Gasteiger partial charge is 0.283 e. The van der Waals surface area contributed by atoms with Gasteiger partial charge in [-0.3, -0.25) is 19.6 Å². The molecule has 0 saturated heterocycles. The van der Waals surface area contributed by atoms with Crippen LogP contribution >= 0.6 is 0 Å². The fraction of sp³-hybridized carbons (Fsp3) is 0.100. The predicted octanol–water partition coefficient (Wildman–Crippen LogP) is 3.81. The fourth-order valence-corrected chi connectivity index (χ4v) is 2.68. The second-order valence-corrected chi connectivity index (χ2v) is 5.90. The van der Waals surface area contributed by atoms with Gasteiger partial charge in [0.2, 0.25) is 0 Å². The zero-order chi connectivity index (χ0) is 19.4. The maximum atomic E-state index is 12.7. The fourth-order valence-electron chi connectivity index (χ4n) is 2.68. The number of para-hydroxylation sites is 1. The Morgan fingerprint density at radius 3 is 2.37 bits per heavy atom. The summed E-state index contributed by atoms with van der Waals surface area (Å²) in [7, 11) is 1.81. The van der Waals surface area contributed by atoms with E-state index in [0.717, 1.165) is 16.9 Å². The zero-order valence-electron chi connectivity index (χ0n) is 14.9. The van der Waals surface area contributed by atoms with Crippen LogP contribution in [0.4, 0.5) is 11.4 Å². The first-order valence-electron chi connectivity index (χ1n) is 8.28. The van der Waals surface area contributed by atoms with Crippen LogP contribution in [0.5, 0.6) is 0 Å². The summed E-state index contributed by atoms with van der Waals surface area (Å²) in [5.74, 6) is 0. The van der Waals surface area contributed by atoms with E-state index in [0.29, 0.717) is 5.69 Å². The third kappa shape index (κ3) is 3.77. The second-order valence-electron chi connectivity index (χ2n) is 5.90. The number of non-ortho nitro benzene ring substituents is 1. The molecule has 0 N–H and O–H groups in total. The van der Waals surface area contributed by atoms with E-state index in [2.05, 4.69) is 4.99 Å². The summed E-state index contributed by atoms with van der Waals surface area (Å²) < 4.78 is 3.34. The lowest BCUT2D eigenvalue weighted by molar-refractivity contribution is -0.384. The number of rotatable bonds is 5. The van der Waals surface area contributed by atoms with Crippen molar-refractivity contribution in [1.82, 2.24) is 9.36 Å². The van der Waals surface area contributed by atoms with Gasteiger partial charge in [-0.25, -0.2) is 9.67 Å². The molecule has 7 heteroatoms. The lowest BCUT2D eigenvalue weighted by atomic mass is 10.2. The van der Waals surface area contributed by atoms with Gasteiger partial charge in [0.05, 0.1) is 16.3 Å². The van der Waals surface area contributed by atoms with Crippen molar-refractivity contribution < 1.29 is 4.92 Å². The van der Waals surface area contributed by atoms with Crippen LogP contribution in [-0.2, 0) is 7.05 Å². The van der Waals surface area contributed by atoms with Crippen molar-refractivity contribution in [3.8, 4) is 5.69 Å². The Balaban J connectivity index is 1.83.